The Labute approximate surface area is 99.1 Å². The van der Waals surface area contributed by atoms with Gasteiger partial charge in [0, 0.05) is 24.7 Å². The number of nitrogens with zero attached hydrogens (tertiary/aromatic N) is 1. The van der Waals surface area contributed by atoms with Crippen molar-refractivity contribution in [3.8, 4) is 10.4 Å². The zero-order valence-electron chi connectivity index (χ0n) is 9.31. The monoisotopic (exact) mass is 231 g/mol. The molecule has 1 heterocycles. The molecule has 0 N–H and O–H groups in total. The van der Waals surface area contributed by atoms with Gasteiger partial charge in [-0.1, -0.05) is 12.1 Å². The van der Waals surface area contributed by atoms with Crippen molar-refractivity contribution in [1.29, 1.82) is 0 Å². The predicted octanol–water partition coefficient (Wildman–Crippen LogP) is 3.29. The number of carbonyl (C=O) groups is 1. The predicted molar refractivity (Wildman–Crippen MR) is 69.5 cm³/mol. The second kappa shape index (κ2) is 4.49. The third-order valence-electron chi connectivity index (χ3n) is 2.41. The number of hydrogen-bond acceptors (Lipinski definition) is 3. The second-order valence-electron chi connectivity index (χ2n) is 3.76. The van der Waals surface area contributed by atoms with E-state index >= 15 is 0 Å². The van der Waals surface area contributed by atoms with Crippen LogP contribution in [0.3, 0.4) is 0 Å². The van der Waals surface area contributed by atoms with Gasteiger partial charge in [-0.05, 0) is 29.8 Å². The highest BCUT2D eigenvalue weighted by Gasteiger charge is 2.02. The first-order chi connectivity index (χ1) is 7.70. The molecule has 1 aromatic heterocycles. The summed E-state index contributed by atoms with van der Waals surface area (Å²) >= 11 is 1.52. The molecule has 0 fully saturated rings. The van der Waals surface area contributed by atoms with Gasteiger partial charge >= 0.3 is 0 Å². The van der Waals surface area contributed by atoms with Crippen LogP contribution in [0, 0.1) is 0 Å². The Hall–Kier alpha value is -1.61. The van der Waals surface area contributed by atoms with Gasteiger partial charge in [-0.25, -0.2) is 0 Å². The number of aldehydes is 1. The van der Waals surface area contributed by atoms with Gasteiger partial charge in [0.2, 0.25) is 0 Å². The Bertz CT molecular complexity index is 485. The molecule has 1 aromatic carbocycles. The first-order valence-electron chi connectivity index (χ1n) is 5.03. The summed E-state index contributed by atoms with van der Waals surface area (Å²) in [5.41, 5.74) is 2.33. The Morgan fingerprint density at radius 3 is 2.25 bits per heavy atom. The summed E-state index contributed by atoms with van der Waals surface area (Å²) in [6, 6.07) is 12.2. The molecule has 0 bridgehead atoms. The number of carbonyl (C=O) groups excluding carboxylic acids is 1. The van der Waals surface area contributed by atoms with Crippen LogP contribution in [-0.4, -0.2) is 20.4 Å². The lowest BCUT2D eigenvalue weighted by Crippen LogP contribution is -2.07. The van der Waals surface area contributed by atoms with Gasteiger partial charge in [0.1, 0.15) is 0 Å². The van der Waals surface area contributed by atoms with E-state index in [9.17, 15) is 4.79 Å². The van der Waals surface area contributed by atoms with E-state index in [4.69, 9.17) is 0 Å². The molecule has 0 aliphatic heterocycles. The number of thiophene rings is 1. The van der Waals surface area contributed by atoms with Crippen LogP contribution in [0.25, 0.3) is 10.4 Å². The molecule has 0 unspecified atom stereocenters. The molecular formula is C13H13NOS. The molecule has 2 aromatic rings. The van der Waals surface area contributed by atoms with E-state index < -0.39 is 0 Å². The molecule has 0 amide bonds. The van der Waals surface area contributed by atoms with E-state index in [2.05, 4.69) is 29.2 Å². The molecule has 2 rings (SSSR count). The smallest absolute Gasteiger partial charge is 0.160 e. The highest BCUT2D eigenvalue weighted by molar-refractivity contribution is 7.17. The largest absolute Gasteiger partial charge is 0.378 e. The van der Waals surface area contributed by atoms with Crippen LogP contribution in [0.4, 0.5) is 5.69 Å². The SMILES string of the molecule is CN(C)c1ccc(-c2ccc(C=O)s2)cc1. The first-order valence-corrected chi connectivity index (χ1v) is 5.85. The van der Waals surface area contributed by atoms with Gasteiger partial charge in [0.25, 0.3) is 0 Å². The Balaban J connectivity index is 2.30. The fourth-order valence-corrected chi connectivity index (χ4v) is 2.32. The molecule has 0 aliphatic carbocycles. The highest BCUT2D eigenvalue weighted by atomic mass is 32.1. The minimum Gasteiger partial charge on any atom is -0.378 e. The van der Waals surface area contributed by atoms with Crippen molar-refractivity contribution in [2.24, 2.45) is 0 Å². The highest BCUT2D eigenvalue weighted by Crippen LogP contribution is 2.28. The molecule has 82 valence electrons. The average molecular weight is 231 g/mol. The molecule has 0 aliphatic rings. The molecule has 16 heavy (non-hydrogen) atoms. The minimum atomic E-state index is 0.770. The van der Waals surface area contributed by atoms with Crippen molar-refractivity contribution in [3.05, 3.63) is 41.3 Å². The van der Waals surface area contributed by atoms with Gasteiger partial charge in [0.05, 0.1) is 4.88 Å². The molecular weight excluding hydrogens is 218 g/mol. The van der Waals surface area contributed by atoms with Gasteiger partial charge in [-0.3, -0.25) is 4.79 Å². The average Bonchev–Trinajstić information content (AvgIpc) is 2.77. The molecule has 2 nitrogen and oxygen atoms in total. The summed E-state index contributed by atoms with van der Waals surface area (Å²) in [7, 11) is 4.04. The minimum absolute atomic E-state index is 0.770. The number of hydrogen-bond donors (Lipinski definition) is 0. The molecule has 0 radical (unpaired) electrons. The molecule has 0 spiro atoms. The Kier molecular flexibility index (Phi) is 3.06. The van der Waals surface area contributed by atoms with Gasteiger partial charge in [-0.15, -0.1) is 11.3 Å². The Morgan fingerprint density at radius 2 is 1.75 bits per heavy atom. The van der Waals surface area contributed by atoms with Crippen LogP contribution < -0.4 is 4.90 Å². The molecule has 0 atom stereocenters. The lowest BCUT2D eigenvalue weighted by Gasteiger charge is -2.12. The fourth-order valence-electron chi connectivity index (χ4n) is 1.50. The van der Waals surface area contributed by atoms with Crippen LogP contribution in [0.5, 0.6) is 0 Å². The van der Waals surface area contributed by atoms with Crippen molar-refractivity contribution in [1.82, 2.24) is 0 Å². The third kappa shape index (κ3) is 2.14. The second-order valence-corrected chi connectivity index (χ2v) is 4.88. The molecule has 0 saturated carbocycles. The lowest BCUT2D eigenvalue weighted by atomic mass is 10.1. The van der Waals surface area contributed by atoms with Crippen molar-refractivity contribution in [2.75, 3.05) is 19.0 Å². The van der Waals surface area contributed by atoms with E-state index in [0.717, 1.165) is 21.6 Å². The van der Waals surface area contributed by atoms with Crippen molar-refractivity contribution in [2.45, 2.75) is 0 Å². The molecule has 3 heteroatoms. The van der Waals surface area contributed by atoms with Crippen LogP contribution in [0.2, 0.25) is 0 Å². The standard InChI is InChI=1S/C13H13NOS/c1-14(2)11-5-3-10(4-6-11)13-8-7-12(9-15)16-13/h3-9H,1-2H3. The summed E-state index contributed by atoms with van der Waals surface area (Å²) in [5, 5.41) is 0. The van der Waals surface area contributed by atoms with E-state index in [-0.39, 0.29) is 0 Å². The van der Waals surface area contributed by atoms with E-state index in [0.29, 0.717) is 0 Å². The fraction of sp³-hybridized carbons (Fsp3) is 0.154. The summed E-state index contributed by atoms with van der Waals surface area (Å²) in [6.45, 7) is 0. The van der Waals surface area contributed by atoms with Crippen LogP contribution in [0.15, 0.2) is 36.4 Å². The number of benzene rings is 1. The maximum absolute atomic E-state index is 10.6. The number of anilines is 1. The van der Waals surface area contributed by atoms with Crippen LogP contribution in [-0.2, 0) is 0 Å². The Morgan fingerprint density at radius 1 is 1.06 bits per heavy atom. The normalized spacial score (nSPS) is 10.1. The first kappa shape index (κ1) is 10.9. The van der Waals surface area contributed by atoms with Crippen LogP contribution in [0.1, 0.15) is 9.67 Å². The van der Waals surface area contributed by atoms with E-state index in [1.807, 2.05) is 26.2 Å². The maximum Gasteiger partial charge on any atom is 0.160 e. The van der Waals surface area contributed by atoms with Gasteiger partial charge < -0.3 is 4.90 Å². The zero-order valence-corrected chi connectivity index (χ0v) is 10.1. The van der Waals surface area contributed by atoms with E-state index in [1.165, 1.54) is 17.0 Å². The molecule has 0 saturated heterocycles. The van der Waals surface area contributed by atoms with Crippen molar-refractivity contribution >= 4 is 23.3 Å². The quantitative estimate of drug-likeness (QED) is 0.755. The van der Waals surface area contributed by atoms with E-state index in [1.54, 1.807) is 0 Å². The summed E-state index contributed by atoms with van der Waals surface area (Å²) in [5.74, 6) is 0. The zero-order chi connectivity index (χ0) is 11.5. The summed E-state index contributed by atoms with van der Waals surface area (Å²) in [6.07, 6.45) is 0.891. The van der Waals surface area contributed by atoms with Crippen molar-refractivity contribution < 1.29 is 4.79 Å². The van der Waals surface area contributed by atoms with Gasteiger partial charge in [0.15, 0.2) is 6.29 Å². The summed E-state index contributed by atoms with van der Waals surface area (Å²) in [4.78, 5) is 14.6. The third-order valence-corrected chi connectivity index (χ3v) is 3.47. The topological polar surface area (TPSA) is 20.3 Å². The van der Waals surface area contributed by atoms with Crippen LogP contribution >= 0.6 is 11.3 Å². The van der Waals surface area contributed by atoms with Gasteiger partial charge in [-0.2, -0.15) is 0 Å². The van der Waals surface area contributed by atoms with Crippen molar-refractivity contribution in [3.63, 3.8) is 0 Å². The number of rotatable bonds is 3. The maximum atomic E-state index is 10.6. The summed E-state index contributed by atoms with van der Waals surface area (Å²) < 4.78 is 0. The lowest BCUT2D eigenvalue weighted by molar-refractivity contribution is 0.112.